The van der Waals surface area contributed by atoms with E-state index >= 15 is 0 Å². The Kier molecular flexibility index (Phi) is 3.92. The summed E-state index contributed by atoms with van der Waals surface area (Å²) in [5.74, 6) is -0.530. The summed E-state index contributed by atoms with van der Waals surface area (Å²) in [6, 6.07) is 3.08. The van der Waals surface area contributed by atoms with Gasteiger partial charge in [0.1, 0.15) is 6.04 Å². The van der Waals surface area contributed by atoms with Crippen LogP contribution in [-0.4, -0.2) is 35.2 Å². The van der Waals surface area contributed by atoms with Gasteiger partial charge in [-0.1, -0.05) is 6.07 Å². The zero-order chi connectivity index (χ0) is 14.8. The van der Waals surface area contributed by atoms with E-state index in [-0.39, 0.29) is 23.6 Å². The third-order valence-corrected chi connectivity index (χ3v) is 4.66. The normalized spacial score (nSPS) is 21.1. The molecule has 0 radical (unpaired) electrons. The molecular weight excluding hydrogens is 290 g/mol. The minimum absolute atomic E-state index is 0.0396. The number of carbonyl (C=O) groups excluding carboxylic acids is 3. The molecule has 0 unspecified atom stereocenters. The largest absolute Gasteiger partial charge is 0.326 e. The van der Waals surface area contributed by atoms with Gasteiger partial charge in [0.05, 0.1) is 4.88 Å². The van der Waals surface area contributed by atoms with E-state index in [2.05, 4.69) is 10.9 Å². The van der Waals surface area contributed by atoms with Crippen LogP contribution >= 0.6 is 11.3 Å². The minimum Gasteiger partial charge on any atom is -0.326 e. The molecule has 1 aliphatic heterocycles. The molecular formula is C14H17N3O3S. The van der Waals surface area contributed by atoms with Gasteiger partial charge >= 0.3 is 0 Å². The van der Waals surface area contributed by atoms with E-state index in [1.807, 2.05) is 11.4 Å². The van der Waals surface area contributed by atoms with Gasteiger partial charge in [-0.25, -0.2) is 0 Å². The number of carbonyl (C=O) groups is 3. The van der Waals surface area contributed by atoms with Gasteiger partial charge in [0.25, 0.3) is 11.8 Å². The van der Waals surface area contributed by atoms with Crippen molar-refractivity contribution in [1.29, 1.82) is 0 Å². The first-order valence-corrected chi connectivity index (χ1v) is 7.99. The molecule has 2 N–H and O–H groups in total. The van der Waals surface area contributed by atoms with E-state index < -0.39 is 6.04 Å². The maximum Gasteiger partial charge on any atom is 0.264 e. The summed E-state index contributed by atoms with van der Waals surface area (Å²) in [5.41, 5.74) is 4.89. The second-order valence-electron chi connectivity index (χ2n) is 5.39. The lowest BCUT2D eigenvalue weighted by Crippen LogP contribution is -2.51. The number of nitrogens with one attached hydrogen (secondary N) is 2. The SMILES string of the molecule is O=C(NNC(=O)[C@@H]1CCCN1C(=O)c1cccs1)C1CC1. The standard InChI is InChI=1S/C14H17N3O3S/c18-12(9-5-6-9)15-16-13(19)10-3-1-7-17(10)14(20)11-4-2-8-21-11/h2,4,8-10H,1,3,5-7H2,(H,15,18)(H,16,19)/t10-/m0/s1. The molecule has 2 heterocycles. The lowest BCUT2D eigenvalue weighted by atomic mass is 10.2. The maximum atomic E-state index is 12.3. The van der Waals surface area contributed by atoms with Crippen molar-refractivity contribution in [3.05, 3.63) is 22.4 Å². The van der Waals surface area contributed by atoms with Crippen LogP contribution in [0, 0.1) is 5.92 Å². The average Bonchev–Trinajstić information content (AvgIpc) is 3.02. The van der Waals surface area contributed by atoms with E-state index in [4.69, 9.17) is 0 Å². The number of hydrogen-bond donors (Lipinski definition) is 2. The molecule has 0 spiro atoms. The Morgan fingerprint density at radius 3 is 2.57 bits per heavy atom. The first kappa shape index (κ1) is 14.1. The van der Waals surface area contributed by atoms with Crippen molar-refractivity contribution in [3.63, 3.8) is 0 Å². The summed E-state index contributed by atoms with van der Waals surface area (Å²) in [7, 11) is 0. The van der Waals surface area contributed by atoms with E-state index in [9.17, 15) is 14.4 Å². The van der Waals surface area contributed by atoms with Gasteiger partial charge in [0, 0.05) is 12.5 Å². The zero-order valence-electron chi connectivity index (χ0n) is 11.5. The first-order chi connectivity index (χ1) is 10.2. The first-order valence-electron chi connectivity index (χ1n) is 7.11. The lowest BCUT2D eigenvalue weighted by Gasteiger charge is -2.23. The fourth-order valence-corrected chi connectivity index (χ4v) is 3.16. The predicted molar refractivity (Wildman–Crippen MR) is 77.4 cm³/mol. The molecule has 1 atom stereocenters. The van der Waals surface area contributed by atoms with Crippen molar-refractivity contribution in [2.45, 2.75) is 31.7 Å². The summed E-state index contributed by atoms with van der Waals surface area (Å²) < 4.78 is 0. The van der Waals surface area contributed by atoms with Crippen LogP contribution in [0.15, 0.2) is 17.5 Å². The Morgan fingerprint density at radius 2 is 1.90 bits per heavy atom. The number of rotatable bonds is 3. The number of nitrogens with zero attached hydrogens (tertiary/aromatic N) is 1. The smallest absolute Gasteiger partial charge is 0.264 e. The van der Waals surface area contributed by atoms with Gasteiger partial charge in [-0.15, -0.1) is 11.3 Å². The third-order valence-electron chi connectivity index (χ3n) is 3.81. The number of amides is 3. The molecule has 1 saturated heterocycles. The predicted octanol–water partition coefficient (Wildman–Crippen LogP) is 0.910. The van der Waals surface area contributed by atoms with Gasteiger partial charge in [0.2, 0.25) is 5.91 Å². The molecule has 112 valence electrons. The van der Waals surface area contributed by atoms with E-state index in [1.165, 1.54) is 11.3 Å². The molecule has 21 heavy (non-hydrogen) atoms. The van der Waals surface area contributed by atoms with Crippen molar-refractivity contribution in [2.24, 2.45) is 5.92 Å². The Bertz CT molecular complexity index is 554. The highest BCUT2D eigenvalue weighted by atomic mass is 32.1. The monoisotopic (exact) mass is 307 g/mol. The molecule has 0 aromatic carbocycles. The molecule has 7 heteroatoms. The topological polar surface area (TPSA) is 78.5 Å². The molecule has 3 rings (SSSR count). The third kappa shape index (κ3) is 3.07. The second-order valence-corrected chi connectivity index (χ2v) is 6.33. The van der Waals surface area contributed by atoms with Crippen LogP contribution in [0.5, 0.6) is 0 Å². The van der Waals surface area contributed by atoms with Crippen LogP contribution in [0.1, 0.15) is 35.4 Å². The van der Waals surface area contributed by atoms with Crippen LogP contribution in [0.25, 0.3) is 0 Å². The molecule has 0 bridgehead atoms. The van der Waals surface area contributed by atoms with Gasteiger partial charge in [0.15, 0.2) is 0 Å². The lowest BCUT2D eigenvalue weighted by molar-refractivity contribution is -0.131. The van der Waals surface area contributed by atoms with Gasteiger partial charge in [-0.3, -0.25) is 25.2 Å². The van der Waals surface area contributed by atoms with Crippen LogP contribution in [0.3, 0.4) is 0 Å². The number of hydrogen-bond acceptors (Lipinski definition) is 4. The summed E-state index contributed by atoms with van der Waals surface area (Å²) >= 11 is 1.37. The fourth-order valence-electron chi connectivity index (χ4n) is 2.48. The van der Waals surface area contributed by atoms with E-state index in [0.29, 0.717) is 17.8 Å². The van der Waals surface area contributed by atoms with Gasteiger partial charge in [-0.05, 0) is 37.1 Å². The molecule has 3 amide bonds. The second kappa shape index (κ2) is 5.85. The highest BCUT2D eigenvalue weighted by molar-refractivity contribution is 7.12. The van der Waals surface area contributed by atoms with Gasteiger partial charge < -0.3 is 4.90 Å². The summed E-state index contributed by atoms with van der Waals surface area (Å²) in [5, 5.41) is 1.84. The summed E-state index contributed by atoms with van der Waals surface area (Å²) in [4.78, 5) is 38.3. The molecule has 1 aliphatic carbocycles. The number of hydrazine groups is 1. The minimum atomic E-state index is -0.501. The van der Waals surface area contributed by atoms with Crippen LogP contribution in [0.4, 0.5) is 0 Å². The number of thiophene rings is 1. The zero-order valence-corrected chi connectivity index (χ0v) is 12.3. The van der Waals surface area contributed by atoms with Crippen molar-refractivity contribution in [1.82, 2.24) is 15.8 Å². The molecule has 1 saturated carbocycles. The average molecular weight is 307 g/mol. The van der Waals surface area contributed by atoms with Crippen LogP contribution in [-0.2, 0) is 9.59 Å². The quantitative estimate of drug-likeness (QED) is 0.815. The Balaban J connectivity index is 1.59. The Hall–Kier alpha value is -1.89. The highest BCUT2D eigenvalue weighted by Gasteiger charge is 2.36. The molecule has 2 aliphatic rings. The Labute approximate surface area is 126 Å². The Morgan fingerprint density at radius 1 is 1.14 bits per heavy atom. The molecule has 1 aromatic rings. The molecule has 6 nitrogen and oxygen atoms in total. The van der Waals surface area contributed by atoms with E-state index in [1.54, 1.807) is 11.0 Å². The fraction of sp³-hybridized carbons (Fsp3) is 0.500. The van der Waals surface area contributed by atoms with Crippen molar-refractivity contribution < 1.29 is 14.4 Å². The highest BCUT2D eigenvalue weighted by Crippen LogP contribution is 2.28. The molecule has 1 aromatic heterocycles. The van der Waals surface area contributed by atoms with Gasteiger partial charge in [-0.2, -0.15) is 0 Å². The summed E-state index contributed by atoms with van der Waals surface area (Å²) in [6.07, 6.45) is 3.19. The van der Waals surface area contributed by atoms with Crippen molar-refractivity contribution in [3.8, 4) is 0 Å². The van der Waals surface area contributed by atoms with Crippen LogP contribution < -0.4 is 10.9 Å². The summed E-state index contributed by atoms with van der Waals surface area (Å²) in [6.45, 7) is 0.575. The van der Waals surface area contributed by atoms with Crippen molar-refractivity contribution >= 4 is 29.1 Å². The number of likely N-dealkylation sites (tertiary alicyclic amines) is 1. The van der Waals surface area contributed by atoms with Crippen molar-refractivity contribution in [2.75, 3.05) is 6.54 Å². The maximum absolute atomic E-state index is 12.3. The van der Waals surface area contributed by atoms with Crippen LogP contribution in [0.2, 0.25) is 0 Å². The molecule has 2 fully saturated rings. The van der Waals surface area contributed by atoms with E-state index in [0.717, 1.165) is 19.3 Å².